The van der Waals surface area contributed by atoms with Crippen LogP contribution in [0.25, 0.3) is 0 Å². The van der Waals surface area contributed by atoms with Gasteiger partial charge in [0.25, 0.3) is 11.8 Å². The Labute approximate surface area is 81.3 Å². The Morgan fingerprint density at radius 3 is 2.36 bits per heavy atom. The fourth-order valence-corrected chi connectivity index (χ4v) is 1.40. The molecule has 0 saturated carbocycles. The lowest BCUT2D eigenvalue weighted by Crippen LogP contribution is -2.41. The van der Waals surface area contributed by atoms with Gasteiger partial charge >= 0.3 is 0 Å². The van der Waals surface area contributed by atoms with Gasteiger partial charge in [0.15, 0.2) is 6.29 Å². The summed E-state index contributed by atoms with van der Waals surface area (Å²) in [5, 5.41) is 0. The number of ether oxygens (including phenoxy) is 2. The van der Waals surface area contributed by atoms with E-state index in [0.29, 0.717) is 13.2 Å². The number of amides is 2. The maximum atomic E-state index is 11.2. The molecule has 1 saturated heterocycles. The molecule has 2 rings (SSSR count). The van der Waals surface area contributed by atoms with Crippen LogP contribution in [-0.4, -0.2) is 42.8 Å². The first kappa shape index (κ1) is 9.36. The van der Waals surface area contributed by atoms with E-state index in [1.165, 1.54) is 12.2 Å². The predicted molar refractivity (Wildman–Crippen MR) is 46.2 cm³/mol. The quantitative estimate of drug-likeness (QED) is 0.569. The number of hydrogen-bond acceptors (Lipinski definition) is 4. The standard InChI is InChI=1S/C9H11NO4/c11-7-2-3-8(12)10(7)6-9-13-4-1-5-14-9/h2-3,9H,1,4-6H2. The molecule has 76 valence electrons. The summed E-state index contributed by atoms with van der Waals surface area (Å²) in [6.45, 7) is 1.42. The number of carbonyl (C=O) groups is 2. The summed E-state index contributed by atoms with van der Waals surface area (Å²) in [5.41, 5.74) is 0. The molecule has 1 fully saturated rings. The van der Waals surface area contributed by atoms with E-state index in [9.17, 15) is 9.59 Å². The zero-order chi connectivity index (χ0) is 9.97. The molecule has 0 bridgehead atoms. The van der Waals surface area contributed by atoms with Crippen LogP contribution < -0.4 is 0 Å². The third-order valence-electron chi connectivity index (χ3n) is 2.13. The molecule has 5 heteroatoms. The van der Waals surface area contributed by atoms with Gasteiger partial charge in [-0.2, -0.15) is 0 Å². The van der Waals surface area contributed by atoms with Crippen LogP contribution in [0.1, 0.15) is 6.42 Å². The average Bonchev–Trinajstić information content (AvgIpc) is 2.51. The summed E-state index contributed by atoms with van der Waals surface area (Å²) in [7, 11) is 0. The maximum absolute atomic E-state index is 11.2. The highest BCUT2D eigenvalue weighted by Crippen LogP contribution is 2.10. The van der Waals surface area contributed by atoms with E-state index < -0.39 is 6.29 Å². The minimum absolute atomic E-state index is 0.185. The molecule has 0 aromatic heterocycles. The lowest BCUT2D eigenvalue weighted by molar-refractivity contribution is -0.188. The van der Waals surface area contributed by atoms with E-state index in [2.05, 4.69) is 0 Å². The molecule has 0 aliphatic carbocycles. The van der Waals surface area contributed by atoms with Crippen LogP contribution >= 0.6 is 0 Å². The Hall–Kier alpha value is -1.20. The maximum Gasteiger partial charge on any atom is 0.253 e. The van der Waals surface area contributed by atoms with Crippen LogP contribution in [0.2, 0.25) is 0 Å². The Balaban J connectivity index is 1.90. The largest absolute Gasteiger partial charge is 0.351 e. The van der Waals surface area contributed by atoms with E-state index in [4.69, 9.17) is 9.47 Å². The number of nitrogens with zero attached hydrogens (tertiary/aromatic N) is 1. The second-order valence-corrected chi connectivity index (χ2v) is 3.15. The number of rotatable bonds is 2. The van der Waals surface area contributed by atoms with Crippen molar-refractivity contribution in [1.29, 1.82) is 0 Å². The zero-order valence-electron chi connectivity index (χ0n) is 7.64. The fourth-order valence-electron chi connectivity index (χ4n) is 1.40. The van der Waals surface area contributed by atoms with Gasteiger partial charge in [-0.1, -0.05) is 0 Å². The van der Waals surface area contributed by atoms with Crippen LogP contribution in [0.15, 0.2) is 12.2 Å². The molecular formula is C9H11NO4. The SMILES string of the molecule is O=C1C=CC(=O)N1CC1OCCCO1. The van der Waals surface area contributed by atoms with Gasteiger partial charge in [0.1, 0.15) is 0 Å². The summed E-state index contributed by atoms with van der Waals surface area (Å²) in [6.07, 6.45) is 2.91. The lowest BCUT2D eigenvalue weighted by Gasteiger charge is -2.26. The topological polar surface area (TPSA) is 55.8 Å². The van der Waals surface area contributed by atoms with E-state index in [0.717, 1.165) is 11.3 Å². The number of carbonyl (C=O) groups excluding carboxylic acids is 2. The molecule has 0 aromatic rings. The second kappa shape index (κ2) is 3.89. The summed E-state index contributed by atoms with van der Waals surface area (Å²) in [4.78, 5) is 23.5. The molecule has 0 atom stereocenters. The number of imide groups is 1. The highest BCUT2D eigenvalue weighted by Gasteiger charge is 2.27. The van der Waals surface area contributed by atoms with Gasteiger partial charge in [-0.25, -0.2) is 0 Å². The Bertz CT molecular complexity index is 263. The third-order valence-corrected chi connectivity index (χ3v) is 2.13. The van der Waals surface area contributed by atoms with Crippen LogP contribution in [0.4, 0.5) is 0 Å². The van der Waals surface area contributed by atoms with E-state index in [1.54, 1.807) is 0 Å². The molecule has 2 aliphatic rings. The van der Waals surface area contributed by atoms with E-state index >= 15 is 0 Å². The van der Waals surface area contributed by atoms with E-state index in [1.807, 2.05) is 0 Å². The molecule has 5 nitrogen and oxygen atoms in total. The molecule has 2 aliphatic heterocycles. The van der Waals surface area contributed by atoms with Gasteiger partial charge in [0, 0.05) is 12.2 Å². The van der Waals surface area contributed by atoms with Crippen LogP contribution in [-0.2, 0) is 19.1 Å². The summed E-state index contributed by atoms with van der Waals surface area (Å²) >= 11 is 0. The van der Waals surface area contributed by atoms with Crippen molar-refractivity contribution in [3.63, 3.8) is 0 Å². The predicted octanol–water partition coefficient (Wildman–Crippen LogP) is -0.326. The van der Waals surface area contributed by atoms with E-state index in [-0.39, 0.29) is 18.4 Å². The van der Waals surface area contributed by atoms with Gasteiger partial charge in [-0.3, -0.25) is 14.5 Å². The molecule has 14 heavy (non-hydrogen) atoms. The van der Waals surface area contributed by atoms with Crippen molar-refractivity contribution < 1.29 is 19.1 Å². The van der Waals surface area contributed by atoms with Crippen LogP contribution in [0, 0.1) is 0 Å². The Morgan fingerprint density at radius 1 is 1.21 bits per heavy atom. The molecule has 0 N–H and O–H groups in total. The van der Waals surface area contributed by atoms with Crippen LogP contribution in [0.5, 0.6) is 0 Å². The van der Waals surface area contributed by atoms with Gasteiger partial charge < -0.3 is 9.47 Å². The zero-order valence-corrected chi connectivity index (χ0v) is 7.64. The monoisotopic (exact) mass is 197 g/mol. The van der Waals surface area contributed by atoms with Crippen molar-refractivity contribution in [1.82, 2.24) is 4.90 Å². The van der Waals surface area contributed by atoms with Crippen molar-refractivity contribution in [3.05, 3.63) is 12.2 Å². The highest BCUT2D eigenvalue weighted by molar-refractivity contribution is 6.12. The lowest BCUT2D eigenvalue weighted by atomic mass is 10.4. The fraction of sp³-hybridized carbons (Fsp3) is 0.556. The van der Waals surface area contributed by atoms with Gasteiger partial charge in [0.2, 0.25) is 0 Å². The summed E-state index contributed by atoms with van der Waals surface area (Å²) in [6, 6.07) is 0. The molecule has 0 radical (unpaired) electrons. The number of hydrogen-bond donors (Lipinski definition) is 0. The summed E-state index contributed by atoms with van der Waals surface area (Å²) in [5.74, 6) is -0.597. The smallest absolute Gasteiger partial charge is 0.253 e. The van der Waals surface area contributed by atoms with Crippen molar-refractivity contribution in [3.8, 4) is 0 Å². The average molecular weight is 197 g/mol. The first-order chi connectivity index (χ1) is 6.77. The minimum atomic E-state index is -0.462. The first-order valence-electron chi connectivity index (χ1n) is 4.54. The Kier molecular flexibility index (Phi) is 2.60. The Morgan fingerprint density at radius 2 is 1.79 bits per heavy atom. The first-order valence-corrected chi connectivity index (χ1v) is 4.54. The molecule has 0 aromatic carbocycles. The molecular weight excluding hydrogens is 186 g/mol. The normalized spacial score (nSPS) is 23.6. The second-order valence-electron chi connectivity index (χ2n) is 3.15. The molecule has 0 spiro atoms. The summed E-state index contributed by atoms with van der Waals surface area (Å²) < 4.78 is 10.5. The van der Waals surface area contributed by atoms with Crippen molar-refractivity contribution in [2.24, 2.45) is 0 Å². The third kappa shape index (κ3) is 1.83. The van der Waals surface area contributed by atoms with Crippen LogP contribution in [0.3, 0.4) is 0 Å². The molecule has 2 amide bonds. The van der Waals surface area contributed by atoms with Crippen molar-refractivity contribution in [2.45, 2.75) is 12.7 Å². The van der Waals surface area contributed by atoms with Crippen molar-refractivity contribution in [2.75, 3.05) is 19.8 Å². The minimum Gasteiger partial charge on any atom is -0.351 e. The van der Waals surface area contributed by atoms with Gasteiger partial charge in [-0.05, 0) is 6.42 Å². The highest BCUT2D eigenvalue weighted by atomic mass is 16.7. The van der Waals surface area contributed by atoms with Gasteiger partial charge in [0.05, 0.1) is 19.8 Å². The van der Waals surface area contributed by atoms with Crippen molar-refractivity contribution >= 4 is 11.8 Å². The van der Waals surface area contributed by atoms with Gasteiger partial charge in [-0.15, -0.1) is 0 Å². The molecule has 2 heterocycles. The molecule has 0 unspecified atom stereocenters.